The minimum atomic E-state index is -0.273. The smallest absolute Gasteiger partial charge is 0.262 e. The molecule has 1 fully saturated rings. The van der Waals surface area contributed by atoms with Gasteiger partial charge < -0.3 is 15.0 Å². The van der Waals surface area contributed by atoms with Gasteiger partial charge in [0, 0.05) is 13.2 Å². The highest BCUT2D eigenvalue weighted by molar-refractivity contribution is 7.99. The van der Waals surface area contributed by atoms with Crippen molar-refractivity contribution in [2.24, 2.45) is 0 Å². The molecule has 1 saturated heterocycles. The molecule has 146 valence electrons. The molecule has 1 aliphatic heterocycles. The van der Waals surface area contributed by atoms with E-state index in [0.717, 1.165) is 30.7 Å². The average molecular weight is 399 g/mol. The van der Waals surface area contributed by atoms with Crippen molar-refractivity contribution in [3.8, 4) is 5.69 Å². The fraction of sp³-hybridized carbons (Fsp3) is 0.368. The number of hydrogen-bond donors (Lipinski definition) is 2. The molecule has 0 bridgehead atoms. The van der Waals surface area contributed by atoms with Gasteiger partial charge in [-0.15, -0.1) is 0 Å². The Hall–Kier alpha value is -2.65. The van der Waals surface area contributed by atoms with Crippen molar-refractivity contribution in [1.29, 1.82) is 0 Å². The van der Waals surface area contributed by atoms with Crippen LogP contribution in [0.15, 0.2) is 40.4 Å². The van der Waals surface area contributed by atoms with Gasteiger partial charge in [-0.05, 0) is 31.9 Å². The summed E-state index contributed by atoms with van der Waals surface area (Å²) in [5.74, 6) is 0.0510. The first-order chi connectivity index (χ1) is 13.6. The van der Waals surface area contributed by atoms with Gasteiger partial charge in [-0.2, -0.15) is 5.10 Å². The minimum absolute atomic E-state index is 0.104. The van der Waals surface area contributed by atoms with Gasteiger partial charge in [0.2, 0.25) is 5.91 Å². The van der Waals surface area contributed by atoms with Crippen LogP contribution in [0.25, 0.3) is 16.7 Å². The number of nitrogens with zero attached hydrogens (tertiary/aromatic N) is 3. The second-order valence-corrected chi connectivity index (χ2v) is 7.69. The molecule has 3 aromatic rings. The van der Waals surface area contributed by atoms with Gasteiger partial charge in [0.25, 0.3) is 5.56 Å². The molecule has 3 heterocycles. The summed E-state index contributed by atoms with van der Waals surface area (Å²) >= 11 is 1.19. The van der Waals surface area contributed by atoms with Crippen molar-refractivity contribution in [2.45, 2.75) is 31.0 Å². The Morgan fingerprint density at radius 2 is 2.21 bits per heavy atom. The molecule has 1 aliphatic rings. The molecule has 0 saturated carbocycles. The number of hydrogen-bond acceptors (Lipinski definition) is 6. The van der Waals surface area contributed by atoms with E-state index in [4.69, 9.17) is 4.74 Å². The molecular weight excluding hydrogens is 378 g/mol. The van der Waals surface area contributed by atoms with Crippen molar-refractivity contribution >= 4 is 28.7 Å². The first kappa shape index (κ1) is 18.7. The number of aromatic amines is 1. The Labute approximate surface area is 165 Å². The summed E-state index contributed by atoms with van der Waals surface area (Å²) in [5.41, 5.74) is 2.15. The maximum Gasteiger partial charge on any atom is 0.262 e. The van der Waals surface area contributed by atoms with Gasteiger partial charge in [0.05, 0.1) is 23.7 Å². The maximum atomic E-state index is 12.4. The van der Waals surface area contributed by atoms with E-state index >= 15 is 0 Å². The Balaban J connectivity index is 1.48. The van der Waals surface area contributed by atoms with Gasteiger partial charge in [0.15, 0.2) is 10.8 Å². The number of carbonyl (C=O) groups excluding carboxylic acids is 1. The van der Waals surface area contributed by atoms with E-state index < -0.39 is 0 Å². The average Bonchev–Trinajstić information content (AvgIpc) is 3.35. The van der Waals surface area contributed by atoms with E-state index in [0.29, 0.717) is 22.7 Å². The van der Waals surface area contributed by atoms with Crippen LogP contribution in [0.4, 0.5) is 0 Å². The molecule has 0 spiro atoms. The number of H-pyrrole nitrogens is 1. The largest absolute Gasteiger partial charge is 0.376 e. The fourth-order valence-corrected chi connectivity index (χ4v) is 3.75. The van der Waals surface area contributed by atoms with Crippen LogP contribution in [0.1, 0.15) is 18.4 Å². The van der Waals surface area contributed by atoms with Crippen LogP contribution in [0.2, 0.25) is 0 Å². The zero-order valence-corrected chi connectivity index (χ0v) is 16.3. The molecular formula is C19H21N5O3S. The third kappa shape index (κ3) is 4.10. The molecule has 1 amide bonds. The van der Waals surface area contributed by atoms with Gasteiger partial charge in [-0.3, -0.25) is 9.59 Å². The first-order valence-corrected chi connectivity index (χ1v) is 10.1. The summed E-state index contributed by atoms with van der Waals surface area (Å²) in [6.45, 7) is 3.28. The van der Waals surface area contributed by atoms with Crippen molar-refractivity contribution in [2.75, 3.05) is 18.9 Å². The zero-order chi connectivity index (χ0) is 19.5. The zero-order valence-electron chi connectivity index (χ0n) is 15.5. The van der Waals surface area contributed by atoms with Crippen LogP contribution >= 0.6 is 11.8 Å². The van der Waals surface area contributed by atoms with E-state index in [1.807, 2.05) is 31.2 Å². The number of nitrogens with one attached hydrogen (secondary N) is 2. The van der Waals surface area contributed by atoms with E-state index in [-0.39, 0.29) is 23.3 Å². The highest BCUT2D eigenvalue weighted by atomic mass is 32.2. The molecule has 1 atom stereocenters. The lowest BCUT2D eigenvalue weighted by molar-refractivity contribution is -0.119. The first-order valence-electron chi connectivity index (χ1n) is 9.16. The number of ether oxygens (including phenoxy) is 1. The quantitative estimate of drug-likeness (QED) is 0.484. The Kier molecular flexibility index (Phi) is 5.45. The summed E-state index contributed by atoms with van der Waals surface area (Å²) in [6, 6.07) is 7.81. The number of rotatable bonds is 6. The van der Waals surface area contributed by atoms with Crippen molar-refractivity contribution in [3.05, 3.63) is 46.4 Å². The van der Waals surface area contributed by atoms with Gasteiger partial charge in [-0.25, -0.2) is 9.67 Å². The number of benzene rings is 1. The standard InChI is InChI=1S/C19H21N5O3S/c1-12-4-6-13(7-5-12)24-17-15(10-21-24)18(26)23-19(22-17)28-11-16(25)20-9-14-3-2-8-27-14/h4-7,10,14H,2-3,8-9,11H2,1H3,(H,20,25)(H,22,23,26)/t14-/m0/s1. The SMILES string of the molecule is Cc1ccc(-n2ncc3c(=O)[nH]c(SCC(=O)NC[C@@H]4CCCO4)nc32)cc1. The predicted octanol–water partition coefficient (Wildman–Crippen LogP) is 1.80. The molecule has 2 aromatic heterocycles. The molecule has 4 rings (SSSR count). The summed E-state index contributed by atoms with van der Waals surface area (Å²) in [5, 5.41) is 7.96. The van der Waals surface area contributed by atoms with Crippen LogP contribution < -0.4 is 10.9 Å². The number of carbonyl (C=O) groups is 1. The molecule has 28 heavy (non-hydrogen) atoms. The second kappa shape index (κ2) is 8.15. The number of amides is 1. The monoisotopic (exact) mass is 399 g/mol. The lowest BCUT2D eigenvalue weighted by atomic mass is 10.2. The van der Waals surface area contributed by atoms with Crippen LogP contribution in [-0.4, -0.2) is 50.7 Å². The Bertz CT molecular complexity index is 1040. The third-order valence-electron chi connectivity index (χ3n) is 4.59. The molecule has 2 N–H and O–H groups in total. The summed E-state index contributed by atoms with van der Waals surface area (Å²) in [4.78, 5) is 31.7. The maximum absolute atomic E-state index is 12.4. The molecule has 1 aromatic carbocycles. The van der Waals surface area contributed by atoms with Crippen LogP contribution in [0, 0.1) is 6.92 Å². The van der Waals surface area contributed by atoms with Gasteiger partial charge in [-0.1, -0.05) is 29.5 Å². The summed E-state index contributed by atoms with van der Waals surface area (Å²) < 4.78 is 7.12. The number of thioether (sulfide) groups is 1. The second-order valence-electron chi connectivity index (χ2n) is 6.73. The van der Waals surface area contributed by atoms with Crippen molar-refractivity contribution in [3.63, 3.8) is 0 Å². The fourth-order valence-electron chi connectivity index (χ4n) is 3.06. The highest BCUT2D eigenvalue weighted by Gasteiger charge is 2.17. The Morgan fingerprint density at radius 3 is 2.96 bits per heavy atom. The van der Waals surface area contributed by atoms with Crippen LogP contribution in [0.3, 0.4) is 0 Å². The Morgan fingerprint density at radius 1 is 1.39 bits per heavy atom. The van der Waals surface area contributed by atoms with Crippen molar-refractivity contribution < 1.29 is 9.53 Å². The van der Waals surface area contributed by atoms with Crippen molar-refractivity contribution in [1.82, 2.24) is 25.1 Å². The molecule has 9 heteroatoms. The number of fused-ring (bicyclic) bond motifs is 1. The molecule has 0 unspecified atom stereocenters. The van der Waals surface area contributed by atoms with E-state index in [1.165, 1.54) is 18.0 Å². The predicted molar refractivity (Wildman–Crippen MR) is 107 cm³/mol. The molecule has 0 aliphatic carbocycles. The van der Waals surface area contributed by atoms with Gasteiger partial charge >= 0.3 is 0 Å². The molecule has 0 radical (unpaired) electrons. The summed E-state index contributed by atoms with van der Waals surface area (Å²) in [7, 11) is 0. The highest BCUT2D eigenvalue weighted by Crippen LogP contribution is 2.18. The number of aryl methyl sites for hydroxylation is 1. The van der Waals surface area contributed by atoms with E-state index in [2.05, 4.69) is 20.4 Å². The lowest BCUT2D eigenvalue weighted by Gasteiger charge is -2.10. The third-order valence-corrected chi connectivity index (χ3v) is 5.46. The van der Waals surface area contributed by atoms with Crippen LogP contribution in [0.5, 0.6) is 0 Å². The molecule has 8 nitrogen and oxygen atoms in total. The lowest BCUT2D eigenvalue weighted by Crippen LogP contribution is -2.33. The van der Waals surface area contributed by atoms with E-state index in [9.17, 15) is 9.59 Å². The summed E-state index contributed by atoms with van der Waals surface area (Å²) in [6.07, 6.45) is 3.62. The van der Waals surface area contributed by atoms with Crippen LogP contribution in [-0.2, 0) is 9.53 Å². The van der Waals surface area contributed by atoms with E-state index in [1.54, 1.807) is 4.68 Å². The topological polar surface area (TPSA) is 102 Å². The number of aromatic nitrogens is 4. The minimum Gasteiger partial charge on any atom is -0.376 e. The normalized spacial score (nSPS) is 16.5. The van der Waals surface area contributed by atoms with Gasteiger partial charge in [0.1, 0.15) is 5.39 Å².